The molecule has 0 spiro atoms. The van der Waals surface area contributed by atoms with Crippen LogP contribution in [0, 0.1) is 5.82 Å². The van der Waals surface area contributed by atoms with Crippen LogP contribution in [0.1, 0.15) is 51.4 Å². The van der Waals surface area contributed by atoms with Gasteiger partial charge in [-0.05, 0) is 96.8 Å². The summed E-state index contributed by atoms with van der Waals surface area (Å²) < 4.78 is 36.0. The lowest BCUT2D eigenvalue weighted by Crippen LogP contribution is -1.98. The molecular weight excluding hydrogens is 555 g/mol. The number of methoxy groups -OCH3 is 1. The summed E-state index contributed by atoms with van der Waals surface area (Å²) in [7, 11) is 1.68. The molecule has 0 aliphatic heterocycles. The number of aromatic nitrogens is 2. The zero-order chi connectivity index (χ0) is 30.4. The molecule has 5 rings (SSSR count). The Labute approximate surface area is 258 Å². The van der Waals surface area contributed by atoms with Crippen molar-refractivity contribution in [2.75, 3.05) is 20.3 Å². The monoisotopic (exact) mass is 594 g/mol. The molecule has 0 bridgehead atoms. The van der Waals surface area contributed by atoms with Crippen molar-refractivity contribution in [2.45, 2.75) is 51.4 Å². The van der Waals surface area contributed by atoms with Gasteiger partial charge in [-0.2, -0.15) is 0 Å². The number of ether oxygens (including phenoxy) is 3. The van der Waals surface area contributed by atoms with Crippen molar-refractivity contribution in [3.63, 3.8) is 0 Å². The molecule has 1 heterocycles. The Bertz CT molecular complexity index is 1530. The van der Waals surface area contributed by atoms with Crippen molar-refractivity contribution in [1.29, 1.82) is 0 Å². The minimum Gasteiger partial charge on any atom is -0.497 e. The zero-order valence-electron chi connectivity index (χ0n) is 25.2. The van der Waals surface area contributed by atoms with Crippen LogP contribution in [0.3, 0.4) is 0 Å². The van der Waals surface area contributed by atoms with Crippen LogP contribution in [-0.2, 0) is 0 Å². The molecule has 0 saturated carbocycles. The van der Waals surface area contributed by atoms with Crippen LogP contribution in [0.15, 0.2) is 101 Å². The first-order valence-corrected chi connectivity index (χ1v) is 15.4. The number of halogens is 1. The Morgan fingerprint density at radius 2 is 0.841 bits per heavy atom. The first kappa shape index (κ1) is 30.8. The molecule has 0 fully saturated rings. The molecule has 4 aromatic carbocycles. The van der Waals surface area contributed by atoms with Gasteiger partial charge in [-0.15, -0.1) is 10.2 Å². The van der Waals surface area contributed by atoms with Crippen molar-refractivity contribution in [3.8, 4) is 51.3 Å². The molecular formula is C37H39FN2O4. The summed E-state index contributed by atoms with van der Waals surface area (Å²) in [6.07, 6.45) is 9.47. The summed E-state index contributed by atoms with van der Waals surface area (Å²) in [5, 5.41) is 8.19. The normalized spacial score (nSPS) is 11.0. The molecule has 228 valence electrons. The SMILES string of the molecule is COc1ccc(-c2ccc(OCCCCCCCCCCOc3ccc(-c4nnc(-c5ccc(F)cc5)o4)cc3)cc2)cc1. The molecule has 7 heteroatoms. The van der Waals surface area contributed by atoms with Gasteiger partial charge in [0.15, 0.2) is 0 Å². The molecule has 5 aromatic rings. The number of hydrogen-bond acceptors (Lipinski definition) is 6. The number of benzene rings is 4. The largest absolute Gasteiger partial charge is 0.497 e. The van der Waals surface area contributed by atoms with Crippen molar-refractivity contribution in [1.82, 2.24) is 10.2 Å². The summed E-state index contributed by atoms with van der Waals surface area (Å²) >= 11 is 0. The maximum atomic E-state index is 13.1. The van der Waals surface area contributed by atoms with Crippen LogP contribution in [0.4, 0.5) is 4.39 Å². The van der Waals surface area contributed by atoms with Gasteiger partial charge in [0.05, 0.1) is 20.3 Å². The van der Waals surface area contributed by atoms with E-state index in [0.29, 0.717) is 24.0 Å². The second-order valence-corrected chi connectivity index (χ2v) is 10.7. The highest BCUT2D eigenvalue weighted by atomic mass is 19.1. The quantitative estimate of drug-likeness (QED) is 0.0999. The van der Waals surface area contributed by atoms with E-state index in [0.717, 1.165) is 47.8 Å². The fourth-order valence-electron chi connectivity index (χ4n) is 4.91. The molecule has 44 heavy (non-hydrogen) atoms. The lowest BCUT2D eigenvalue weighted by Gasteiger charge is -2.08. The molecule has 6 nitrogen and oxygen atoms in total. The fraction of sp³-hybridized carbons (Fsp3) is 0.297. The first-order chi connectivity index (χ1) is 21.7. The van der Waals surface area contributed by atoms with E-state index in [-0.39, 0.29) is 5.82 Å². The van der Waals surface area contributed by atoms with Gasteiger partial charge in [0.25, 0.3) is 0 Å². The van der Waals surface area contributed by atoms with Crippen LogP contribution >= 0.6 is 0 Å². The average molecular weight is 595 g/mol. The highest BCUT2D eigenvalue weighted by Gasteiger charge is 2.11. The number of hydrogen-bond donors (Lipinski definition) is 0. The van der Waals surface area contributed by atoms with Gasteiger partial charge < -0.3 is 18.6 Å². The summed E-state index contributed by atoms with van der Waals surface area (Å²) in [5.74, 6) is 3.08. The van der Waals surface area contributed by atoms with E-state index < -0.39 is 0 Å². The van der Waals surface area contributed by atoms with Crippen LogP contribution in [0.25, 0.3) is 34.0 Å². The molecule has 0 N–H and O–H groups in total. The first-order valence-electron chi connectivity index (χ1n) is 15.4. The molecule has 0 unspecified atom stereocenters. The Kier molecular flexibility index (Phi) is 11.4. The van der Waals surface area contributed by atoms with E-state index >= 15 is 0 Å². The van der Waals surface area contributed by atoms with Crippen LogP contribution in [0.2, 0.25) is 0 Å². The van der Waals surface area contributed by atoms with E-state index in [9.17, 15) is 4.39 Å². The van der Waals surface area contributed by atoms with Gasteiger partial charge in [-0.1, -0.05) is 62.8 Å². The summed E-state index contributed by atoms with van der Waals surface area (Å²) in [6.45, 7) is 1.46. The molecule has 0 atom stereocenters. The van der Waals surface area contributed by atoms with Gasteiger partial charge in [0.1, 0.15) is 23.1 Å². The van der Waals surface area contributed by atoms with Crippen LogP contribution < -0.4 is 14.2 Å². The van der Waals surface area contributed by atoms with Gasteiger partial charge in [-0.25, -0.2) is 4.39 Å². The highest BCUT2D eigenvalue weighted by molar-refractivity contribution is 5.65. The van der Waals surface area contributed by atoms with Gasteiger partial charge in [-0.3, -0.25) is 0 Å². The summed E-state index contributed by atoms with van der Waals surface area (Å²) in [6, 6.07) is 30.0. The average Bonchev–Trinajstić information content (AvgIpc) is 3.57. The third kappa shape index (κ3) is 9.17. The Balaban J connectivity index is 0.877. The molecule has 1 aromatic heterocycles. The van der Waals surface area contributed by atoms with E-state index in [1.807, 2.05) is 48.5 Å². The Hall–Kier alpha value is -4.65. The molecule has 0 aliphatic rings. The molecule has 0 amide bonds. The highest BCUT2D eigenvalue weighted by Crippen LogP contribution is 2.27. The summed E-state index contributed by atoms with van der Waals surface area (Å²) in [5.41, 5.74) is 3.82. The second-order valence-electron chi connectivity index (χ2n) is 10.7. The standard InChI is InChI=1S/C37H39FN2O4/c1-41-33-20-12-28(13-21-33)29-14-22-34(23-15-29)42-26-8-6-4-2-3-5-7-9-27-43-35-24-16-31(17-25-35)37-40-39-36(44-37)30-10-18-32(38)19-11-30/h10-25H,2-9,26-27H2,1H3. The van der Waals surface area contributed by atoms with Crippen molar-refractivity contribution < 1.29 is 23.0 Å². The molecule has 0 aliphatic carbocycles. The lowest BCUT2D eigenvalue weighted by molar-refractivity contribution is 0.301. The smallest absolute Gasteiger partial charge is 0.248 e. The zero-order valence-corrected chi connectivity index (χ0v) is 25.2. The van der Waals surface area contributed by atoms with E-state index in [4.69, 9.17) is 18.6 Å². The third-order valence-corrected chi connectivity index (χ3v) is 7.47. The number of unbranched alkanes of at least 4 members (excludes halogenated alkanes) is 7. The van der Waals surface area contributed by atoms with Crippen molar-refractivity contribution >= 4 is 0 Å². The van der Waals surface area contributed by atoms with Crippen LogP contribution in [0.5, 0.6) is 17.2 Å². The van der Waals surface area contributed by atoms with Gasteiger partial charge >= 0.3 is 0 Å². The van der Waals surface area contributed by atoms with Crippen molar-refractivity contribution in [3.05, 3.63) is 103 Å². The minimum absolute atomic E-state index is 0.303. The minimum atomic E-state index is -0.303. The maximum Gasteiger partial charge on any atom is 0.248 e. The van der Waals surface area contributed by atoms with Gasteiger partial charge in [0, 0.05) is 11.1 Å². The predicted octanol–water partition coefficient (Wildman–Crippen LogP) is 9.80. The van der Waals surface area contributed by atoms with E-state index in [2.05, 4.69) is 34.5 Å². The molecule has 0 radical (unpaired) electrons. The third-order valence-electron chi connectivity index (χ3n) is 7.47. The second kappa shape index (κ2) is 16.3. The maximum absolute atomic E-state index is 13.1. The van der Waals surface area contributed by atoms with Gasteiger partial charge in [0.2, 0.25) is 11.8 Å². The van der Waals surface area contributed by atoms with E-state index in [1.54, 1.807) is 19.2 Å². The predicted molar refractivity (Wildman–Crippen MR) is 171 cm³/mol. The number of rotatable bonds is 17. The Morgan fingerprint density at radius 3 is 1.27 bits per heavy atom. The lowest BCUT2D eigenvalue weighted by atomic mass is 10.1. The van der Waals surface area contributed by atoms with E-state index in [1.165, 1.54) is 56.2 Å². The number of nitrogens with zero attached hydrogens (tertiary/aromatic N) is 2. The fourth-order valence-corrected chi connectivity index (χ4v) is 4.91. The Morgan fingerprint density at radius 1 is 0.477 bits per heavy atom. The van der Waals surface area contributed by atoms with Crippen molar-refractivity contribution in [2.24, 2.45) is 0 Å². The summed E-state index contributed by atoms with van der Waals surface area (Å²) in [4.78, 5) is 0. The van der Waals surface area contributed by atoms with Crippen LogP contribution in [-0.4, -0.2) is 30.5 Å². The molecule has 0 saturated heterocycles. The topological polar surface area (TPSA) is 66.6 Å².